The molecule has 2 N–H and O–H groups in total. The Kier molecular flexibility index (Phi) is 7.65. The van der Waals surface area contributed by atoms with Gasteiger partial charge in [0.1, 0.15) is 11.6 Å². The van der Waals surface area contributed by atoms with Crippen LogP contribution in [-0.4, -0.2) is 45.5 Å². The molecule has 0 amide bonds. The van der Waals surface area contributed by atoms with Crippen LogP contribution < -0.4 is 10.6 Å². The lowest BCUT2D eigenvalue weighted by molar-refractivity contribution is 0.570. The Hall–Kier alpha value is -0.970. The molecule has 1 aromatic rings. The van der Waals surface area contributed by atoms with Crippen molar-refractivity contribution in [3.05, 3.63) is 35.4 Å². The van der Waals surface area contributed by atoms with Crippen molar-refractivity contribution in [3.8, 4) is 0 Å². The van der Waals surface area contributed by atoms with Crippen molar-refractivity contribution in [2.45, 2.75) is 18.9 Å². The summed E-state index contributed by atoms with van der Waals surface area (Å²) in [6.07, 6.45) is 0.922. The van der Waals surface area contributed by atoms with Crippen LogP contribution in [0.2, 0.25) is 0 Å². The van der Waals surface area contributed by atoms with E-state index in [1.165, 1.54) is 12.1 Å². The van der Waals surface area contributed by atoms with Crippen LogP contribution in [0.3, 0.4) is 0 Å². The molecule has 1 fully saturated rings. The lowest BCUT2D eigenvalue weighted by Gasteiger charge is -2.16. The molecule has 5 nitrogen and oxygen atoms in total. The summed E-state index contributed by atoms with van der Waals surface area (Å²) in [6.45, 7) is 0.404. The number of aliphatic imine (C=N–C) groups is 1. The zero-order valence-electron chi connectivity index (χ0n) is 12.7. The van der Waals surface area contributed by atoms with Gasteiger partial charge in [-0.15, -0.1) is 24.0 Å². The van der Waals surface area contributed by atoms with E-state index in [2.05, 4.69) is 15.6 Å². The standard InChI is InChI=1S/C14H19F2N3O2S.HI/c1-17-14(19-12-5-7-22(20,21)9-12)18-6-4-10-2-3-11(15)8-13(10)16;/h2-3,8,12H,4-7,9H2,1H3,(H2,17,18,19);1H. The quantitative estimate of drug-likeness (QED) is 0.407. The Labute approximate surface area is 151 Å². The average molecular weight is 459 g/mol. The molecule has 9 heteroatoms. The van der Waals surface area contributed by atoms with E-state index in [9.17, 15) is 17.2 Å². The molecule has 1 unspecified atom stereocenters. The highest BCUT2D eigenvalue weighted by Crippen LogP contribution is 2.11. The predicted molar refractivity (Wildman–Crippen MR) is 97.0 cm³/mol. The van der Waals surface area contributed by atoms with Crippen LogP contribution in [0.25, 0.3) is 0 Å². The highest BCUT2D eigenvalue weighted by atomic mass is 127. The molecule has 0 bridgehead atoms. The molecule has 0 radical (unpaired) electrons. The predicted octanol–water partition coefficient (Wildman–Crippen LogP) is 1.48. The summed E-state index contributed by atoms with van der Waals surface area (Å²) in [4.78, 5) is 4.01. The summed E-state index contributed by atoms with van der Waals surface area (Å²) in [5.74, 6) is -0.423. The fourth-order valence-electron chi connectivity index (χ4n) is 2.34. The third kappa shape index (κ3) is 6.21. The summed E-state index contributed by atoms with van der Waals surface area (Å²) in [5.41, 5.74) is 0.410. The van der Waals surface area contributed by atoms with E-state index in [-0.39, 0.29) is 41.5 Å². The lowest BCUT2D eigenvalue weighted by atomic mass is 10.1. The van der Waals surface area contributed by atoms with Gasteiger partial charge in [-0.1, -0.05) is 6.07 Å². The second-order valence-electron chi connectivity index (χ2n) is 5.23. The number of benzene rings is 1. The smallest absolute Gasteiger partial charge is 0.191 e. The van der Waals surface area contributed by atoms with Gasteiger partial charge in [-0.2, -0.15) is 0 Å². The monoisotopic (exact) mass is 459 g/mol. The van der Waals surface area contributed by atoms with Crippen LogP contribution in [0.15, 0.2) is 23.2 Å². The van der Waals surface area contributed by atoms with Gasteiger partial charge in [0.25, 0.3) is 0 Å². The van der Waals surface area contributed by atoms with Crippen molar-refractivity contribution in [1.82, 2.24) is 10.6 Å². The molecule has 1 aliphatic rings. The lowest BCUT2D eigenvalue weighted by Crippen LogP contribution is -2.44. The fraction of sp³-hybridized carbons (Fsp3) is 0.500. The zero-order valence-corrected chi connectivity index (χ0v) is 15.8. The second kappa shape index (κ2) is 8.76. The zero-order chi connectivity index (χ0) is 16.2. The van der Waals surface area contributed by atoms with Crippen molar-refractivity contribution >= 4 is 39.8 Å². The van der Waals surface area contributed by atoms with Crippen LogP contribution in [0.4, 0.5) is 8.78 Å². The van der Waals surface area contributed by atoms with Crippen LogP contribution in [0.1, 0.15) is 12.0 Å². The van der Waals surface area contributed by atoms with Crippen LogP contribution in [0, 0.1) is 11.6 Å². The maximum atomic E-state index is 13.5. The van der Waals surface area contributed by atoms with Crippen molar-refractivity contribution < 1.29 is 17.2 Å². The minimum Gasteiger partial charge on any atom is -0.356 e. The Morgan fingerprint density at radius 1 is 1.39 bits per heavy atom. The first-order valence-corrected chi connectivity index (χ1v) is 8.83. The molecule has 1 saturated heterocycles. The fourth-order valence-corrected chi connectivity index (χ4v) is 4.01. The van der Waals surface area contributed by atoms with Crippen molar-refractivity contribution in [2.75, 3.05) is 25.1 Å². The van der Waals surface area contributed by atoms with E-state index in [0.717, 1.165) is 6.07 Å². The van der Waals surface area contributed by atoms with Crippen LogP contribution in [-0.2, 0) is 16.3 Å². The third-order valence-corrected chi connectivity index (χ3v) is 5.27. The molecule has 1 aliphatic heterocycles. The Morgan fingerprint density at radius 3 is 2.70 bits per heavy atom. The number of nitrogens with one attached hydrogen (secondary N) is 2. The molecule has 0 spiro atoms. The summed E-state index contributed by atoms with van der Waals surface area (Å²) in [5, 5.41) is 6.03. The third-order valence-electron chi connectivity index (χ3n) is 3.50. The van der Waals surface area contributed by atoms with E-state index < -0.39 is 21.5 Å². The number of hydrogen-bond donors (Lipinski definition) is 2. The number of halogens is 3. The molecule has 2 rings (SSSR count). The molecule has 0 aliphatic carbocycles. The van der Waals surface area contributed by atoms with E-state index in [0.29, 0.717) is 30.9 Å². The number of hydrogen-bond acceptors (Lipinski definition) is 3. The molecule has 0 saturated carbocycles. The number of rotatable bonds is 4. The highest BCUT2D eigenvalue weighted by Gasteiger charge is 2.28. The number of nitrogens with zero attached hydrogens (tertiary/aromatic N) is 1. The maximum Gasteiger partial charge on any atom is 0.191 e. The molecule has 1 heterocycles. The van der Waals surface area contributed by atoms with Gasteiger partial charge in [0.15, 0.2) is 15.8 Å². The van der Waals surface area contributed by atoms with Crippen LogP contribution >= 0.6 is 24.0 Å². The minimum absolute atomic E-state index is 0. The summed E-state index contributed by atoms with van der Waals surface area (Å²) < 4.78 is 49.1. The van der Waals surface area contributed by atoms with Gasteiger partial charge < -0.3 is 10.6 Å². The van der Waals surface area contributed by atoms with E-state index >= 15 is 0 Å². The van der Waals surface area contributed by atoms with Gasteiger partial charge in [0.2, 0.25) is 0 Å². The number of sulfone groups is 1. The Balaban J connectivity index is 0.00000264. The number of guanidine groups is 1. The molecule has 1 atom stereocenters. The van der Waals surface area contributed by atoms with Gasteiger partial charge in [-0.3, -0.25) is 4.99 Å². The Bertz CT molecular complexity index is 668. The largest absolute Gasteiger partial charge is 0.356 e. The first-order chi connectivity index (χ1) is 10.4. The summed E-state index contributed by atoms with van der Waals surface area (Å²) >= 11 is 0. The molecule has 1 aromatic carbocycles. The normalized spacial score (nSPS) is 20.0. The first-order valence-electron chi connectivity index (χ1n) is 7.01. The van der Waals surface area contributed by atoms with E-state index in [1.807, 2.05) is 0 Å². The maximum absolute atomic E-state index is 13.5. The highest BCUT2D eigenvalue weighted by molar-refractivity contribution is 14.0. The van der Waals surface area contributed by atoms with E-state index in [1.54, 1.807) is 7.05 Å². The first kappa shape index (κ1) is 20.1. The second-order valence-corrected chi connectivity index (χ2v) is 7.46. The average Bonchev–Trinajstić information content (AvgIpc) is 2.79. The van der Waals surface area contributed by atoms with Crippen molar-refractivity contribution in [3.63, 3.8) is 0 Å². The minimum atomic E-state index is -2.95. The van der Waals surface area contributed by atoms with Gasteiger partial charge in [0.05, 0.1) is 11.5 Å². The van der Waals surface area contributed by atoms with Gasteiger partial charge in [0, 0.05) is 25.7 Å². The summed E-state index contributed by atoms with van der Waals surface area (Å²) in [7, 11) is -1.37. The SMILES string of the molecule is CN=C(NCCc1ccc(F)cc1F)NC1CCS(=O)(=O)C1.I. The van der Waals surface area contributed by atoms with Gasteiger partial charge in [-0.25, -0.2) is 17.2 Å². The van der Waals surface area contributed by atoms with Gasteiger partial charge >= 0.3 is 0 Å². The Morgan fingerprint density at radius 2 is 2.13 bits per heavy atom. The van der Waals surface area contributed by atoms with E-state index in [4.69, 9.17) is 0 Å². The van der Waals surface area contributed by atoms with Crippen molar-refractivity contribution in [2.24, 2.45) is 4.99 Å². The molecule has 130 valence electrons. The molecule has 23 heavy (non-hydrogen) atoms. The molecular weight excluding hydrogens is 439 g/mol. The van der Waals surface area contributed by atoms with Crippen molar-refractivity contribution in [1.29, 1.82) is 0 Å². The summed E-state index contributed by atoms with van der Waals surface area (Å²) in [6, 6.07) is 3.32. The van der Waals surface area contributed by atoms with Crippen LogP contribution in [0.5, 0.6) is 0 Å². The molecular formula is C14H20F2IN3O2S. The topological polar surface area (TPSA) is 70.6 Å². The van der Waals surface area contributed by atoms with Gasteiger partial charge in [-0.05, 0) is 24.5 Å². The molecule has 0 aromatic heterocycles.